The van der Waals surface area contributed by atoms with Gasteiger partial charge in [0.1, 0.15) is 0 Å². The number of rotatable bonds is 4. The molecule has 17 heavy (non-hydrogen) atoms. The van der Waals surface area contributed by atoms with Gasteiger partial charge in [-0.2, -0.15) is 15.0 Å². The van der Waals surface area contributed by atoms with Crippen LogP contribution in [0.2, 0.25) is 0 Å². The Hall–Kier alpha value is -0.650. The number of aromatic nitrogens is 3. The average molecular weight is 260 g/mol. The molecular formula is C11H22ClN5. The second kappa shape index (κ2) is 6.93. The van der Waals surface area contributed by atoms with Gasteiger partial charge in [-0.3, -0.25) is 4.90 Å². The number of aryl methyl sites for hydroxylation is 1. The first-order valence-corrected chi connectivity index (χ1v) is 6.09. The van der Waals surface area contributed by atoms with Crippen LogP contribution in [0.4, 0.5) is 0 Å². The van der Waals surface area contributed by atoms with Crippen molar-refractivity contribution in [2.75, 3.05) is 19.6 Å². The summed E-state index contributed by atoms with van der Waals surface area (Å²) in [6.45, 7) is 6.48. The molecule has 2 rings (SSSR count). The molecule has 1 atom stereocenters. The summed E-state index contributed by atoms with van der Waals surface area (Å²) in [7, 11) is 1.87. The Morgan fingerprint density at radius 3 is 3.00 bits per heavy atom. The lowest BCUT2D eigenvalue weighted by molar-refractivity contribution is 0.142. The van der Waals surface area contributed by atoms with Crippen molar-refractivity contribution in [2.24, 2.45) is 7.05 Å². The summed E-state index contributed by atoms with van der Waals surface area (Å²) in [6.07, 6.45) is 4.36. The Labute approximate surface area is 109 Å². The number of piperazine rings is 1. The molecule has 0 amide bonds. The van der Waals surface area contributed by atoms with Gasteiger partial charge in [0.05, 0.1) is 11.9 Å². The van der Waals surface area contributed by atoms with E-state index < -0.39 is 0 Å². The molecule has 0 aromatic carbocycles. The second-order valence-electron chi connectivity index (χ2n) is 4.44. The van der Waals surface area contributed by atoms with Crippen LogP contribution in [0.3, 0.4) is 0 Å². The quantitative estimate of drug-likeness (QED) is 0.869. The molecule has 2 heterocycles. The van der Waals surface area contributed by atoms with E-state index >= 15 is 0 Å². The molecule has 98 valence electrons. The molecule has 1 aromatic rings. The molecule has 6 heteroatoms. The summed E-state index contributed by atoms with van der Waals surface area (Å²) in [6, 6.07) is 0.653. The monoisotopic (exact) mass is 259 g/mol. The van der Waals surface area contributed by atoms with E-state index in [0.717, 1.165) is 31.9 Å². The summed E-state index contributed by atoms with van der Waals surface area (Å²) in [4.78, 5) is 4.15. The molecule has 1 aliphatic rings. The Bertz CT molecular complexity index is 325. The molecule has 0 spiro atoms. The van der Waals surface area contributed by atoms with E-state index in [9.17, 15) is 0 Å². The van der Waals surface area contributed by atoms with E-state index in [1.807, 2.05) is 13.2 Å². The fourth-order valence-corrected chi connectivity index (χ4v) is 2.30. The van der Waals surface area contributed by atoms with Crippen molar-refractivity contribution in [2.45, 2.75) is 32.4 Å². The zero-order valence-corrected chi connectivity index (χ0v) is 11.4. The largest absolute Gasteiger partial charge is 0.314 e. The highest BCUT2D eigenvalue weighted by Gasteiger charge is 2.21. The molecule has 1 fully saturated rings. The van der Waals surface area contributed by atoms with Gasteiger partial charge in [0.15, 0.2) is 0 Å². The summed E-state index contributed by atoms with van der Waals surface area (Å²) in [5, 5.41) is 11.9. The van der Waals surface area contributed by atoms with Crippen LogP contribution >= 0.6 is 12.4 Å². The summed E-state index contributed by atoms with van der Waals surface area (Å²) in [5.41, 5.74) is 1.07. The maximum absolute atomic E-state index is 4.34. The Kier molecular flexibility index (Phi) is 5.88. The van der Waals surface area contributed by atoms with Gasteiger partial charge in [0, 0.05) is 39.3 Å². The Morgan fingerprint density at radius 2 is 2.35 bits per heavy atom. The van der Waals surface area contributed by atoms with Crippen LogP contribution in [0.1, 0.15) is 25.5 Å². The van der Waals surface area contributed by atoms with E-state index in [4.69, 9.17) is 0 Å². The molecule has 1 aliphatic heterocycles. The molecule has 1 N–H and O–H groups in total. The second-order valence-corrected chi connectivity index (χ2v) is 4.44. The van der Waals surface area contributed by atoms with Crippen molar-refractivity contribution in [3.63, 3.8) is 0 Å². The number of hydrogen-bond acceptors (Lipinski definition) is 4. The molecule has 1 saturated heterocycles. The first-order valence-electron chi connectivity index (χ1n) is 6.09. The smallest absolute Gasteiger partial charge is 0.0967 e. The van der Waals surface area contributed by atoms with Crippen molar-refractivity contribution in [3.8, 4) is 0 Å². The maximum atomic E-state index is 4.34. The van der Waals surface area contributed by atoms with Crippen LogP contribution in [0.25, 0.3) is 0 Å². The fraction of sp³-hybridized carbons (Fsp3) is 0.818. The minimum absolute atomic E-state index is 0. The van der Waals surface area contributed by atoms with Crippen LogP contribution in [0.5, 0.6) is 0 Å². The first-order chi connectivity index (χ1) is 7.79. The van der Waals surface area contributed by atoms with E-state index in [-0.39, 0.29) is 12.4 Å². The lowest BCUT2D eigenvalue weighted by atomic mass is 10.1. The minimum atomic E-state index is 0. The van der Waals surface area contributed by atoms with E-state index in [1.165, 1.54) is 12.8 Å². The normalized spacial score (nSPS) is 21.2. The molecule has 1 aromatic heterocycles. The fourth-order valence-electron chi connectivity index (χ4n) is 2.30. The van der Waals surface area contributed by atoms with E-state index in [0.29, 0.717) is 6.04 Å². The third-order valence-corrected chi connectivity index (χ3v) is 3.11. The van der Waals surface area contributed by atoms with Crippen LogP contribution in [0.15, 0.2) is 6.20 Å². The Balaban J connectivity index is 0.00000144. The number of halogens is 1. The summed E-state index contributed by atoms with van der Waals surface area (Å²) >= 11 is 0. The van der Waals surface area contributed by atoms with Crippen LogP contribution in [-0.2, 0) is 13.6 Å². The van der Waals surface area contributed by atoms with Crippen LogP contribution in [0, 0.1) is 0 Å². The number of hydrogen-bond donors (Lipinski definition) is 1. The SMILES string of the molecule is CCCC1CNCCN1Cc1cnn(C)n1.Cl. The number of nitrogens with zero attached hydrogens (tertiary/aromatic N) is 4. The van der Waals surface area contributed by atoms with Crippen molar-refractivity contribution >= 4 is 12.4 Å². The summed E-state index contributed by atoms with van der Waals surface area (Å²) < 4.78 is 0. The highest BCUT2D eigenvalue weighted by atomic mass is 35.5. The predicted octanol–water partition coefficient (Wildman–Crippen LogP) is 0.811. The number of nitrogens with one attached hydrogen (secondary N) is 1. The molecule has 0 saturated carbocycles. The van der Waals surface area contributed by atoms with Crippen molar-refractivity contribution in [3.05, 3.63) is 11.9 Å². The standard InChI is InChI=1S/C11H21N5.ClH/c1-3-4-11-8-12-5-6-16(11)9-10-7-13-15(2)14-10;/h7,11-12H,3-6,8-9H2,1-2H3;1H. The maximum Gasteiger partial charge on any atom is 0.0967 e. The van der Waals surface area contributed by atoms with Crippen molar-refractivity contribution in [1.82, 2.24) is 25.2 Å². The van der Waals surface area contributed by atoms with Crippen LogP contribution < -0.4 is 5.32 Å². The zero-order valence-electron chi connectivity index (χ0n) is 10.6. The zero-order chi connectivity index (χ0) is 11.4. The lowest BCUT2D eigenvalue weighted by Gasteiger charge is -2.35. The van der Waals surface area contributed by atoms with Crippen molar-refractivity contribution in [1.29, 1.82) is 0 Å². The van der Waals surface area contributed by atoms with E-state index in [1.54, 1.807) is 4.80 Å². The van der Waals surface area contributed by atoms with Gasteiger partial charge in [0.2, 0.25) is 0 Å². The molecule has 0 radical (unpaired) electrons. The highest BCUT2D eigenvalue weighted by molar-refractivity contribution is 5.85. The van der Waals surface area contributed by atoms with Gasteiger partial charge >= 0.3 is 0 Å². The Morgan fingerprint density at radius 1 is 1.53 bits per heavy atom. The average Bonchev–Trinajstić information content (AvgIpc) is 2.67. The topological polar surface area (TPSA) is 46.0 Å². The lowest BCUT2D eigenvalue weighted by Crippen LogP contribution is -2.50. The molecular weight excluding hydrogens is 238 g/mol. The van der Waals surface area contributed by atoms with Gasteiger partial charge in [-0.15, -0.1) is 12.4 Å². The first kappa shape index (κ1) is 14.4. The molecule has 5 nitrogen and oxygen atoms in total. The van der Waals surface area contributed by atoms with Crippen LogP contribution in [-0.4, -0.2) is 45.6 Å². The third kappa shape index (κ3) is 3.94. The van der Waals surface area contributed by atoms with E-state index in [2.05, 4.69) is 27.3 Å². The van der Waals surface area contributed by atoms with Gasteiger partial charge in [-0.05, 0) is 6.42 Å². The van der Waals surface area contributed by atoms with Gasteiger partial charge < -0.3 is 5.32 Å². The van der Waals surface area contributed by atoms with Gasteiger partial charge in [-0.25, -0.2) is 0 Å². The molecule has 1 unspecified atom stereocenters. The van der Waals surface area contributed by atoms with Gasteiger partial charge in [0.25, 0.3) is 0 Å². The molecule has 0 bridgehead atoms. The summed E-state index contributed by atoms with van der Waals surface area (Å²) in [5.74, 6) is 0. The predicted molar refractivity (Wildman–Crippen MR) is 70.2 cm³/mol. The minimum Gasteiger partial charge on any atom is -0.314 e. The molecule has 0 aliphatic carbocycles. The van der Waals surface area contributed by atoms with Gasteiger partial charge in [-0.1, -0.05) is 13.3 Å². The van der Waals surface area contributed by atoms with Crippen molar-refractivity contribution < 1.29 is 0 Å². The highest BCUT2D eigenvalue weighted by Crippen LogP contribution is 2.12. The third-order valence-electron chi connectivity index (χ3n) is 3.11.